The largest absolute Gasteiger partial charge is 0.496 e. The molecule has 1 heterocycles. The second-order valence-electron chi connectivity index (χ2n) is 6.44. The van der Waals surface area contributed by atoms with E-state index >= 15 is 0 Å². The second-order valence-corrected chi connectivity index (χ2v) is 8.95. The molecule has 0 saturated heterocycles. The number of methoxy groups -OCH3 is 1. The fourth-order valence-electron chi connectivity index (χ4n) is 2.93. The Hall–Kier alpha value is -2.69. The quantitative estimate of drug-likeness (QED) is 0.502. The number of thioether (sulfide) groups is 1. The molecule has 10 heteroatoms. The number of benzene rings is 2. The van der Waals surface area contributed by atoms with E-state index in [1.165, 1.54) is 23.9 Å². The number of rotatable bonds is 9. The number of para-hydroxylation sites is 1. The fraction of sp³-hybridized carbons (Fsp3) is 0.250. The van der Waals surface area contributed by atoms with Crippen LogP contribution in [0.3, 0.4) is 0 Å². The minimum atomic E-state index is -3.74. The zero-order chi connectivity index (χ0) is 21.7. The van der Waals surface area contributed by atoms with Crippen LogP contribution in [-0.2, 0) is 27.8 Å². The molecular formula is C20H22N4O4S2. The van der Waals surface area contributed by atoms with Gasteiger partial charge < -0.3 is 9.30 Å². The Kier molecular flexibility index (Phi) is 6.91. The summed E-state index contributed by atoms with van der Waals surface area (Å²) in [5.74, 6) is 1.60. The van der Waals surface area contributed by atoms with E-state index in [0.29, 0.717) is 23.3 Å². The molecule has 0 unspecified atom stereocenters. The zero-order valence-corrected chi connectivity index (χ0v) is 18.2. The number of carbonyl (C=O) groups excluding carboxylic acids is 1. The van der Waals surface area contributed by atoms with Gasteiger partial charge in [-0.25, -0.2) is 13.6 Å². The third-order valence-electron chi connectivity index (χ3n) is 4.40. The number of hydrogen-bond acceptors (Lipinski definition) is 7. The lowest BCUT2D eigenvalue weighted by Gasteiger charge is -2.10. The van der Waals surface area contributed by atoms with Crippen LogP contribution >= 0.6 is 11.8 Å². The molecule has 0 spiro atoms. The van der Waals surface area contributed by atoms with Crippen LogP contribution in [0.4, 0.5) is 0 Å². The highest BCUT2D eigenvalue weighted by Crippen LogP contribution is 2.30. The Bertz CT molecular complexity index is 1140. The van der Waals surface area contributed by atoms with Crippen molar-refractivity contribution in [3.63, 3.8) is 0 Å². The molecule has 0 amide bonds. The normalized spacial score (nSPS) is 11.4. The third-order valence-corrected chi connectivity index (χ3v) is 6.35. The van der Waals surface area contributed by atoms with Gasteiger partial charge in [0, 0.05) is 13.0 Å². The molecule has 3 rings (SSSR count). The molecule has 0 aliphatic rings. The number of nitrogens with two attached hydrogens (primary N) is 1. The molecule has 0 fully saturated rings. The Labute approximate surface area is 179 Å². The van der Waals surface area contributed by atoms with Gasteiger partial charge in [-0.15, -0.1) is 10.2 Å². The molecule has 1 aromatic heterocycles. The Morgan fingerprint density at radius 2 is 1.83 bits per heavy atom. The van der Waals surface area contributed by atoms with Gasteiger partial charge >= 0.3 is 0 Å². The molecule has 0 aliphatic heterocycles. The zero-order valence-electron chi connectivity index (χ0n) is 16.6. The summed E-state index contributed by atoms with van der Waals surface area (Å²) in [6, 6.07) is 13.6. The number of primary sulfonamides is 1. The Morgan fingerprint density at radius 3 is 2.47 bits per heavy atom. The molecule has 0 saturated carbocycles. The number of nitrogens with zero attached hydrogens (tertiary/aromatic N) is 3. The van der Waals surface area contributed by atoms with E-state index in [4.69, 9.17) is 9.88 Å². The first kappa shape index (κ1) is 22.0. The summed E-state index contributed by atoms with van der Waals surface area (Å²) >= 11 is 1.32. The van der Waals surface area contributed by atoms with E-state index in [2.05, 4.69) is 10.2 Å². The van der Waals surface area contributed by atoms with Crippen molar-refractivity contribution in [2.24, 2.45) is 5.14 Å². The average Bonchev–Trinajstić information content (AvgIpc) is 3.14. The van der Waals surface area contributed by atoms with Crippen molar-refractivity contribution in [1.29, 1.82) is 0 Å². The SMILES string of the molecule is CCn1c(SCC(=O)Cc2ccc(S(N)(=O)=O)cc2)nnc1-c1ccccc1OC. The monoisotopic (exact) mass is 446 g/mol. The molecule has 0 radical (unpaired) electrons. The smallest absolute Gasteiger partial charge is 0.238 e. The number of hydrogen-bond donors (Lipinski definition) is 1. The molecule has 0 atom stereocenters. The number of ether oxygens (including phenoxy) is 1. The van der Waals surface area contributed by atoms with Gasteiger partial charge in [-0.1, -0.05) is 36.0 Å². The lowest BCUT2D eigenvalue weighted by molar-refractivity contribution is -0.116. The molecule has 3 aromatic rings. The van der Waals surface area contributed by atoms with Crippen molar-refractivity contribution in [3.8, 4) is 17.1 Å². The molecule has 0 aliphatic carbocycles. The van der Waals surface area contributed by atoms with Crippen LogP contribution in [0, 0.1) is 0 Å². The first-order chi connectivity index (χ1) is 14.3. The highest BCUT2D eigenvalue weighted by molar-refractivity contribution is 7.99. The second kappa shape index (κ2) is 9.41. The Morgan fingerprint density at radius 1 is 1.13 bits per heavy atom. The fourth-order valence-corrected chi connectivity index (χ4v) is 4.31. The molecule has 158 valence electrons. The van der Waals surface area contributed by atoms with Gasteiger partial charge in [-0.2, -0.15) is 0 Å². The van der Waals surface area contributed by atoms with Crippen LogP contribution in [-0.4, -0.2) is 41.8 Å². The summed E-state index contributed by atoms with van der Waals surface area (Å²) in [4.78, 5) is 12.4. The maximum Gasteiger partial charge on any atom is 0.238 e. The molecule has 2 aromatic carbocycles. The predicted molar refractivity (Wildman–Crippen MR) is 115 cm³/mol. The van der Waals surface area contributed by atoms with Gasteiger partial charge in [0.05, 0.1) is 23.3 Å². The van der Waals surface area contributed by atoms with E-state index in [-0.39, 0.29) is 22.9 Å². The topological polar surface area (TPSA) is 117 Å². The van der Waals surface area contributed by atoms with E-state index in [1.807, 2.05) is 35.8 Å². The van der Waals surface area contributed by atoms with Crippen LogP contribution in [0.1, 0.15) is 12.5 Å². The van der Waals surface area contributed by atoms with Crippen molar-refractivity contribution in [2.75, 3.05) is 12.9 Å². The highest BCUT2D eigenvalue weighted by Gasteiger charge is 2.17. The van der Waals surface area contributed by atoms with Crippen LogP contribution in [0.2, 0.25) is 0 Å². The van der Waals surface area contributed by atoms with Crippen molar-refractivity contribution < 1.29 is 17.9 Å². The predicted octanol–water partition coefficient (Wildman–Crippen LogP) is 2.52. The van der Waals surface area contributed by atoms with Gasteiger partial charge in [0.15, 0.2) is 11.0 Å². The number of sulfonamides is 1. The third kappa shape index (κ3) is 5.07. The number of carbonyl (C=O) groups is 1. The van der Waals surface area contributed by atoms with Crippen LogP contribution in [0.15, 0.2) is 58.6 Å². The summed E-state index contributed by atoms with van der Waals surface area (Å²) < 4.78 is 30.0. The summed E-state index contributed by atoms with van der Waals surface area (Å²) in [5, 5.41) is 14.3. The minimum Gasteiger partial charge on any atom is -0.496 e. The molecule has 2 N–H and O–H groups in total. The lowest BCUT2D eigenvalue weighted by Crippen LogP contribution is -2.12. The standard InChI is InChI=1S/C20H22N4O4S2/c1-3-24-19(17-6-4-5-7-18(17)28-2)22-23-20(24)29-13-15(25)12-14-8-10-16(11-9-14)30(21,26)27/h4-11H,3,12-13H2,1-2H3,(H2,21,26,27). The number of Topliss-reactive ketones (excluding diaryl/α,β-unsaturated/α-hetero) is 1. The van der Waals surface area contributed by atoms with Crippen molar-refractivity contribution in [3.05, 3.63) is 54.1 Å². The van der Waals surface area contributed by atoms with E-state index in [1.54, 1.807) is 19.2 Å². The van der Waals surface area contributed by atoms with E-state index in [0.717, 1.165) is 11.1 Å². The van der Waals surface area contributed by atoms with Crippen molar-refractivity contribution in [2.45, 2.75) is 29.9 Å². The van der Waals surface area contributed by atoms with Crippen LogP contribution < -0.4 is 9.88 Å². The maximum atomic E-state index is 12.4. The van der Waals surface area contributed by atoms with Gasteiger partial charge in [0.1, 0.15) is 11.5 Å². The average molecular weight is 447 g/mol. The molecule has 30 heavy (non-hydrogen) atoms. The maximum absolute atomic E-state index is 12.4. The minimum absolute atomic E-state index is 0.00662. The summed E-state index contributed by atoms with van der Waals surface area (Å²) in [5.41, 5.74) is 1.56. The van der Waals surface area contributed by atoms with Crippen molar-refractivity contribution in [1.82, 2.24) is 14.8 Å². The first-order valence-electron chi connectivity index (χ1n) is 9.16. The summed E-state index contributed by atoms with van der Waals surface area (Å²) in [6.45, 7) is 2.63. The van der Waals surface area contributed by atoms with Gasteiger partial charge in [-0.05, 0) is 36.8 Å². The van der Waals surface area contributed by atoms with E-state index in [9.17, 15) is 13.2 Å². The lowest BCUT2D eigenvalue weighted by atomic mass is 10.1. The molecule has 8 nitrogen and oxygen atoms in total. The van der Waals surface area contributed by atoms with Crippen molar-refractivity contribution >= 4 is 27.6 Å². The molecular weight excluding hydrogens is 424 g/mol. The number of ketones is 1. The van der Waals surface area contributed by atoms with E-state index < -0.39 is 10.0 Å². The molecule has 0 bridgehead atoms. The van der Waals surface area contributed by atoms with Crippen LogP contribution in [0.5, 0.6) is 5.75 Å². The van der Waals surface area contributed by atoms with Gasteiger partial charge in [0.2, 0.25) is 10.0 Å². The van der Waals surface area contributed by atoms with Gasteiger partial charge in [-0.3, -0.25) is 4.79 Å². The summed E-state index contributed by atoms with van der Waals surface area (Å²) in [7, 11) is -2.14. The Balaban J connectivity index is 1.69. The number of aromatic nitrogens is 3. The highest BCUT2D eigenvalue weighted by atomic mass is 32.2. The summed E-state index contributed by atoms with van der Waals surface area (Å²) in [6.07, 6.45) is 0.192. The van der Waals surface area contributed by atoms with Crippen LogP contribution in [0.25, 0.3) is 11.4 Å². The van der Waals surface area contributed by atoms with Gasteiger partial charge in [0.25, 0.3) is 0 Å². The first-order valence-corrected chi connectivity index (χ1v) is 11.7.